The third-order valence-corrected chi connectivity index (χ3v) is 19.2. The molecule has 21 aromatic rings. The molecule has 0 amide bonds. The highest BCUT2D eigenvalue weighted by molar-refractivity contribution is 6.29. The summed E-state index contributed by atoms with van der Waals surface area (Å²) >= 11 is 0. The van der Waals surface area contributed by atoms with E-state index >= 15 is 0 Å². The average Bonchev–Trinajstić information content (AvgIpc) is 1.48. The Morgan fingerprint density at radius 1 is 0.211 bits per heavy atom. The van der Waals surface area contributed by atoms with Gasteiger partial charge < -0.3 is 35.9 Å². The van der Waals surface area contributed by atoms with E-state index < -0.39 is 0 Å². The fourth-order valence-electron chi connectivity index (χ4n) is 15.7. The largest absolute Gasteiger partial charge is 0.455 e. The first-order valence-corrected chi connectivity index (χ1v) is 30.0. The highest BCUT2D eigenvalue weighted by Crippen LogP contribution is 2.53. The molecule has 0 unspecified atom stereocenters. The molecule has 13 aromatic carbocycles. The predicted molar refractivity (Wildman–Crippen MR) is 362 cm³/mol. The lowest BCUT2D eigenvalue weighted by molar-refractivity contribution is 0.672. The number of rotatable bonds is 4. The van der Waals surface area contributed by atoms with Gasteiger partial charge in [0.1, 0.15) is 56.8 Å². The SMILES string of the molecule is N#Cc1c(C#N)c(-n2c3ccccc3c3c4oc5ccccc5c4ccc32)c(-n2c3ccccc3c3c4oc5ccccc5c4ccc32)c(-n2c3ccccc3c3c4oc5ccccc5c4ccc32)c1-n1c2ccccc2c2c3oc4ccccc4c3ccc21. The number of fused-ring (bicyclic) bond motifs is 28. The van der Waals surface area contributed by atoms with Crippen molar-refractivity contribution in [3.8, 4) is 34.9 Å². The van der Waals surface area contributed by atoms with E-state index in [4.69, 9.17) is 17.7 Å². The molecular weight excluding hydrogens is 1110 g/mol. The minimum atomic E-state index is 0.172. The van der Waals surface area contributed by atoms with Crippen LogP contribution >= 0.6 is 0 Å². The Balaban J connectivity index is 1.07. The van der Waals surface area contributed by atoms with Gasteiger partial charge in [-0.05, 0) is 97.1 Å². The Labute approximate surface area is 507 Å². The number of benzene rings is 13. The average molecular weight is 1150 g/mol. The van der Waals surface area contributed by atoms with E-state index in [1.54, 1.807) is 0 Å². The highest BCUT2D eigenvalue weighted by atomic mass is 16.3. The monoisotopic (exact) mass is 1150 g/mol. The summed E-state index contributed by atoms with van der Waals surface area (Å²) in [6, 6.07) is 89.2. The quantitative estimate of drug-likeness (QED) is 0.173. The standard InChI is InChI=1S/C80H40N6O4/c81-41-55-56(42-82)74(84-58-26-10-2-22-52(58)70-62(84)38-34-48-44-18-6-14-30-66(44)88-78(48)70)76(86-60-28-12-4-24-54(60)72-64(86)40-36-50-46-20-8-16-32-68(46)90-80(50)72)75(85-59-27-11-3-23-53(59)71-63(85)39-35-49-45-19-7-15-31-67(45)89-79(49)71)73(55)83-57-25-9-1-21-51(57)69-61(83)37-33-47-43-17-5-13-29-65(43)87-77(47)69/h1-40H. The molecule has 90 heavy (non-hydrogen) atoms. The van der Waals surface area contributed by atoms with E-state index in [9.17, 15) is 10.5 Å². The first kappa shape index (κ1) is 47.5. The lowest BCUT2D eigenvalue weighted by atomic mass is 9.98. The lowest BCUT2D eigenvalue weighted by Gasteiger charge is -2.27. The molecule has 0 fully saturated rings. The van der Waals surface area contributed by atoms with Crippen molar-refractivity contribution in [2.45, 2.75) is 0 Å². The first-order valence-electron chi connectivity index (χ1n) is 30.0. The van der Waals surface area contributed by atoms with Gasteiger partial charge in [-0.15, -0.1) is 0 Å². The molecule has 0 N–H and O–H groups in total. The molecule has 0 saturated carbocycles. The van der Waals surface area contributed by atoms with Crippen molar-refractivity contribution in [2.24, 2.45) is 0 Å². The van der Waals surface area contributed by atoms with E-state index in [2.05, 4.69) is 200 Å². The second kappa shape index (κ2) is 17.0. The molecule has 0 aliphatic rings. The number of nitrogens with zero attached hydrogens (tertiary/aromatic N) is 6. The maximum absolute atomic E-state index is 12.7. The van der Waals surface area contributed by atoms with Gasteiger partial charge in [-0.25, -0.2) is 0 Å². The summed E-state index contributed by atoms with van der Waals surface area (Å²) in [5.41, 5.74) is 15.2. The molecular formula is C80H40N6O4. The van der Waals surface area contributed by atoms with Crippen LogP contribution in [0.4, 0.5) is 0 Å². The first-order chi connectivity index (χ1) is 44.6. The van der Waals surface area contributed by atoms with E-state index in [0.29, 0.717) is 22.7 Å². The number of aromatic nitrogens is 4. The minimum absolute atomic E-state index is 0.172. The van der Waals surface area contributed by atoms with Crippen LogP contribution in [0.5, 0.6) is 0 Å². The Morgan fingerprint density at radius 2 is 0.433 bits per heavy atom. The van der Waals surface area contributed by atoms with Crippen LogP contribution in [0.2, 0.25) is 0 Å². The Bertz CT molecular complexity index is 6530. The Hall–Kier alpha value is -12.8. The van der Waals surface area contributed by atoms with Crippen LogP contribution in [-0.4, -0.2) is 18.3 Å². The fourth-order valence-corrected chi connectivity index (χ4v) is 15.7. The van der Waals surface area contributed by atoms with Gasteiger partial charge in [0.05, 0.1) is 99.6 Å². The van der Waals surface area contributed by atoms with Gasteiger partial charge in [-0.1, -0.05) is 146 Å². The number of nitriles is 2. The summed E-state index contributed by atoms with van der Waals surface area (Å²) in [6.07, 6.45) is 0. The van der Waals surface area contributed by atoms with Gasteiger partial charge >= 0.3 is 0 Å². The van der Waals surface area contributed by atoms with Gasteiger partial charge in [-0.2, -0.15) is 10.5 Å². The summed E-state index contributed by atoms with van der Waals surface area (Å²) in [4.78, 5) is 0. The molecule has 8 heterocycles. The zero-order valence-electron chi connectivity index (χ0n) is 47.4. The van der Waals surface area contributed by atoms with Crippen molar-refractivity contribution < 1.29 is 17.7 Å². The second-order valence-corrected chi connectivity index (χ2v) is 23.5. The van der Waals surface area contributed by atoms with Crippen molar-refractivity contribution in [3.05, 3.63) is 254 Å². The van der Waals surface area contributed by atoms with E-state index in [1.807, 2.05) is 72.8 Å². The van der Waals surface area contributed by atoms with Crippen LogP contribution in [0.1, 0.15) is 11.1 Å². The number of hydrogen-bond acceptors (Lipinski definition) is 6. The summed E-state index contributed by atoms with van der Waals surface area (Å²) in [5, 5.41) is 40.7. The van der Waals surface area contributed by atoms with Gasteiger partial charge in [0.2, 0.25) is 0 Å². The molecule has 0 radical (unpaired) electrons. The zero-order chi connectivity index (χ0) is 58.8. The van der Waals surface area contributed by atoms with Crippen LogP contribution in [0, 0.1) is 22.7 Å². The smallest absolute Gasteiger partial charge is 0.145 e. The van der Waals surface area contributed by atoms with Crippen molar-refractivity contribution >= 4 is 175 Å². The molecule has 0 atom stereocenters. The summed E-state index contributed by atoms with van der Waals surface area (Å²) in [7, 11) is 0. The van der Waals surface area contributed by atoms with E-state index in [-0.39, 0.29) is 11.1 Å². The molecule has 10 heteroatoms. The third kappa shape index (κ3) is 5.81. The van der Waals surface area contributed by atoms with Crippen LogP contribution in [0.25, 0.3) is 198 Å². The normalized spacial score (nSPS) is 12.4. The highest BCUT2D eigenvalue weighted by Gasteiger charge is 2.36. The lowest BCUT2D eigenvalue weighted by Crippen LogP contribution is -2.17. The van der Waals surface area contributed by atoms with Gasteiger partial charge in [-0.3, -0.25) is 0 Å². The Kier molecular flexibility index (Phi) is 8.98. The maximum Gasteiger partial charge on any atom is 0.145 e. The van der Waals surface area contributed by atoms with Gasteiger partial charge in [0, 0.05) is 64.6 Å². The fraction of sp³-hybridized carbons (Fsp3) is 0. The topological polar surface area (TPSA) is 120 Å². The molecule has 0 saturated heterocycles. The van der Waals surface area contributed by atoms with E-state index in [1.165, 1.54) is 0 Å². The molecule has 10 nitrogen and oxygen atoms in total. The van der Waals surface area contributed by atoms with Crippen molar-refractivity contribution in [1.29, 1.82) is 10.5 Å². The number of para-hydroxylation sites is 8. The van der Waals surface area contributed by atoms with Crippen LogP contribution < -0.4 is 0 Å². The number of hydrogen-bond donors (Lipinski definition) is 0. The van der Waals surface area contributed by atoms with Crippen LogP contribution in [-0.2, 0) is 0 Å². The van der Waals surface area contributed by atoms with Gasteiger partial charge in [0.15, 0.2) is 0 Å². The van der Waals surface area contributed by atoms with Crippen LogP contribution in [0.15, 0.2) is 260 Å². The zero-order valence-corrected chi connectivity index (χ0v) is 47.4. The molecule has 21 rings (SSSR count). The van der Waals surface area contributed by atoms with Crippen molar-refractivity contribution in [1.82, 2.24) is 18.3 Å². The predicted octanol–water partition coefficient (Wildman–Crippen LogP) is 21.4. The Morgan fingerprint density at radius 3 is 0.689 bits per heavy atom. The summed E-state index contributed by atoms with van der Waals surface area (Å²) in [5.74, 6) is 0. The van der Waals surface area contributed by atoms with Crippen LogP contribution in [0.3, 0.4) is 0 Å². The molecule has 0 bridgehead atoms. The second-order valence-electron chi connectivity index (χ2n) is 23.5. The molecule has 0 aliphatic carbocycles. The minimum Gasteiger partial charge on any atom is -0.455 e. The maximum atomic E-state index is 12.7. The summed E-state index contributed by atoms with van der Waals surface area (Å²) in [6.45, 7) is 0. The summed E-state index contributed by atoms with van der Waals surface area (Å²) < 4.78 is 37.2. The van der Waals surface area contributed by atoms with Crippen molar-refractivity contribution in [2.75, 3.05) is 0 Å². The third-order valence-electron chi connectivity index (χ3n) is 19.2. The van der Waals surface area contributed by atoms with Gasteiger partial charge in [0.25, 0.3) is 0 Å². The molecule has 0 aliphatic heterocycles. The molecule has 0 spiro atoms. The van der Waals surface area contributed by atoms with Crippen molar-refractivity contribution in [3.63, 3.8) is 0 Å². The molecule has 414 valence electrons. The molecule has 8 aromatic heterocycles. The van der Waals surface area contributed by atoms with E-state index in [0.717, 1.165) is 175 Å². The number of furan rings is 4.